The molecule has 1 atom stereocenters. The molecule has 6 fully saturated rings. The average molecular weight is 727 g/mol. The largest absolute Gasteiger partial charge is 0.478 e. The molecular weight excluding hydrogens is 681 g/mol. The van der Waals surface area contributed by atoms with E-state index in [1.165, 1.54) is 18.9 Å². The van der Waals surface area contributed by atoms with Crippen LogP contribution in [0, 0.1) is 17.8 Å². The maximum Gasteiger partial charge on any atom is 0.425 e. The number of fused-ring (bicyclic) bond motifs is 2. The molecule has 2 aliphatic carbocycles. The molecule has 4 saturated heterocycles. The average Bonchev–Trinajstić information content (AvgIpc) is 4.03. The van der Waals surface area contributed by atoms with Gasteiger partial charge >= 0.3 is 6.18 Å². The lowest BCUT2D eigenvalue weighted by atomic mass is 9.72. The van der Waals surface area contributed by atoms with Gasteiger partial charge in [-0.15, -0.1) is 0 Å². The van der Waals surface area contributed by atoms with E-state index in [0.29, 0.717) is 28.5 Å². The van der Waals surface area contributed by atoms with E-state index in [-0.39, 0.29) is 23.0 Å². The Labute approximate surface area is 306 Å². The Balaban J connectivity index is 1.11. The number of amides is 1. The number of hydrogen-bond donors (Lipinski definition) is 1. The molecular formula is C40H45F3N8O2. The standard InChI is InChI=1S/C40H45F3N8O2/c1-4-31(52)51-21-39(22-51)11-13-48(14-12-39)36-28-15-27(25-6-7-25)33(32-23(2)5-8-30-29(32)16-44-47-30)35(53-24(3)40(41,42)43)34(28)45-37(46-36)49-17-26(18-49)50-19-38(20-50)9-10-38/h4-5,8,15-16,24-26H,1,6-7,9-14,17-22H2,2-3H3,(H,44,47)/t24-/m0/s1. The number of nitrogens with one attached hydrogen (secondary N) is 1. The Morgan fingerprint density at radius 3 is 2.38 bits per heavy atom. The van der Waals surface area contributed by atoms with Crippen molar-refractivity contribution in [3.63, 3.8) is 0 Å². The summed E-state index contributed by atoms with van der Waals surface area (Å²) in [6.45, 7) is 13.5. The van der Waals surface area contributed by atoms with Gasteiger partial charge in [0, 0.05) is 80.2 Å². The highest BCUT2D eigenvalue weighted by molar-refractivity contribution is 6.06. The van der Waals surface area contributed by atoms with Gasteiger partial charge in [0.2, 0.25) is 11.9 Å². The maximum atomic E-state index is 14.5. The smallest absolute Gasteiger partial charge is 0.425 e. The monoisotopic (exact) mass is 726 g/mol. The highest BCUT2D eigenvalue weighted by Crippen LogP contribution is 2.55. The Kier molecular flexibility index (Phi) is 7.24. The minimum atomic E-state index is -4.58. The third-order valence-electron chi connectivity index (χ3n) is 13.2. The number of alkyl halides is 3. The molecule has 6 aliphatic rings. The fourth-order valence-electron chi connectivity index (χ4n) is 9.38. The zero-order chi connectivity index (χ0) is 36.4. The molecule has 10 nitrogen and oxygen atoms in total. The van der Waals surface area contributed by atoms with Gasteiger partial charge in [-0.3, -0.25) is 14.8 Å². The van der Waals surface area contributed by atoms with Crippen molar-refractivity contribution in [1.29, 1.82) is 0 Å². The molecule has 10 rings (SSSR count). The number of ether oxygens (including phenoxy) is 1. The minimum Gasteiger partial charge on any atom is -0.478 e. The number of nitrogens with zero attached hydrogens (tertiary/aromatic N) is 7. The zero-order valence-corrected chi connectivity index (χ0v) is 30.3. The SMILES string of the molecule is C=CC(=O)N1CC2(CCN(c3nc(N4CC(N5CC6(CC6)C5)C4)nc4c(O[C@@H](C)C(F)(F)F)c(-c5c(C)ccc6[nH]ncc56)c(C5CC5)cc34)CC2)C1. The number of hydrogen-bond acceptors (Lipinski definition) is 8. The van der Waals surface area contributed by atoms with Crippen molar-refractivity contribution in [2.75, 3.05) is 62.2 Å². The van der Waals surface area contributed by atoms with Gasteiger partial charge in [0.05, 0.1) is 11.7 Å². The van der Waals surface area contributed by atoms with E-state index in [4.69, 9.17) is 14.7 Å². The Bertz CT molecular complexity index is 2140. The lowest BCUT2D eigenvalue weighted by Crippen LogP contribution is -2.66. The number of rotatable bonds is 8. The predicted octanol–water partition coefficient (Wildman–Crippen LogP) is 6.59. The van der Waals surface area contributed by atoms with Crippen molar-refractivity contribution >= 4 is 39.5 Å². The lowest BCUT2D eigenvalue weighted by Gasteiger charge is -2.54. The van der Waals surface area contributed by atoms with Crippen molar-refractivity contribution in [3.8, 4) is 16.9 Å². The summed E-state index contributed by atoms with van der Waals surface area (Å²) in [5.74, 6) is 1.59. The predicted molar refractivity (Wildman–Crippen MR) is 197 cm³/mol. The molecule has 1 N–H and O–H groups in total. The van der Waals surface area contributed by atoms with Gasteiger partial charge in [-0.2, -0.15) is 23.3 Å². The van der Waals surface area contributed by atoms with Gasteiger partial charge in [0.25, 0.3) is 0 Å². The first-order valence-corrected chi connectivity index (χ1v) is 19.1. The highest BCUT2D eigenvalue weighted by atomic mass is 19.4. The van der Waals surface area contributed by atoms with E-state index in [0.717, 1.165) is 124 Å². The van der Waals surface area contributed by atoms with Crippen LogP contribution in [0.5, 0.6) is 5.75 Å². The van der Waals surface area contributed by atoms with Crippen LogP contribution < -0.4 is 14.5 Å². The van der Waals surface area contributed by atoms with Crippen LogP contribution in [0.1, 0.15) is 62.5 Å². The van der Waals surface area contributed by atoms with E-state index >= 15 is 0 Å². The number of anilines is 2. The van der Waals surface area contributed by atoms with Crippen LogP contribution in [-0.4, -0.2) is 107 Å². The van der Waals surface area contributed by atoms with Gasteiger partial charge in [0.1, 0.15) is 11.3 Å². The minimum absolute atomic E-state index is 0.0340. The Morgan fingerprint density at radius 1 is 1.00 bits per heavy atom. The number of carbonyl (C=O) groups excluding carboxylic acids is 1. The first-order valence-electron chi connectivity index (χ1n) is 19.1. The number of halogens is 3. The Hall–Kier alpha value is -4.39. The second kappa shape index (κ2) is 11.6. The van der Waals surface area contributed by atoms with Gasteiger partial charge in [-0.25, -0.2) is 4.98 Å². The molecule has 4 aromatic rings. The molecule has 53 heavy (non-hydrogen) atoms. The summed E-state index contributed by atoms with van der Waals surface area (Å²) in [6, 6.07) is 6.52. The van der Waals surface area contributed by atoms with Crippen LogP contribution in [0.4, 0.5) is 24.9 Å². The van der Waals surface area contributed by atoms with Crippen molar-refractivity contribution in [2.45, 2.75) is 76.6 Å². The number of aryl methyl sites for hydroxylation is 1. The second-order valence-corrected chi connectivity index (χ2v) is 16.9. The van der Waals surface area contributed by atoms with E-state index in [2.05, 4.69) is 37.5 Å². The number of likely N-dealkylation sites (tertiary alicyclic amines) is 2. The van der Waals surface area contributed by atoms with Crippen LogP contribution in [0.15, 0.2) is 37.1 Å². The summed E-state index contributed by atoms with van der Waals surface area (Å²) < 4.78 is 49.6. The van der Waals surface area contributed by atoms with Crippen LogP contribution in [-0.2, 0) is 4.79 Å². The number of H-pyrrole nitrogens is 1. The molecule has 1 amide bonds. The number of aromatic amines is 1. The molecule has 6 heterocycles. The molecule has 0 bridgehead atoms. The number of carbonyl (C=O) groups is 1. The van der Waals surface area contributed by atoms with Crippen LogP contribution in [0.3, 0.4) is 0 Å². The van der Waals surface area contributed by atoms with Crippen molar-refractivity contribution < 1.29 is 22.7 Å². The third kappa shape index (κ3) is 5.47. The zero-order valence-electron chi connectivity index (χ0n) is 30.3. The molecule has 0 unspecified atom stereocenters. The summed E-state index contributed by atoms with van der Waals surface area (Å²) in [4.78, 5) is 31.6. The normalized spacial score (nSPS) is 22.9. The number of aromatic nitrogens is 4. The topological polar surface area (TPSA) is 93.7 Å². The van der Waals surface area contributed by atoms with E-state index in [1.807, 2.05) is 24.0 Å². The van der Waals surface area contributed by atoms with Crippen molar-refractivity contribution in [2.24, 2.45) is 10.8 Å². The quantitative estimate of drug-likeness (QED) is 0.204. The van der Waals surface area contributed by atoms with E-state index < -0.39 is 12.3 Å². The molecule has 4 aliphatic heterocycles. The molecule has 2 saturated carbocycles. The van der Waals surface area contributed by atoms with E-state index in [1.54, 1.807) is 6.20 Å². The van der Waals surface area contributed by atoms with Crippen LogP contribution in [0.25, 0.3) is 32.9 Å². The van der Waals surface area contributed by atoms with Crippen LogP contribution >= 0.6 is 0 Å². The number of piperidine rings is 1. The van der Waals surface area contributed by atoms with Crippen molar-refractivity contribution in [1.82, 2.24) is 30.0 Å². The molecule has 2 spiro atoms. The second-order valence-electron chi connectivity index (χ2n) is 16.9. The molecule has 2 aromatic heterocycles. The van der Waals surface area contributed by atoms with Gasteiger partial charge in [-0.05, 0) is 98.6 Å². The molecule has 278 valence electrons. The van der Waals surface area contributed by atoms with Gasteiger partial charge in [-0.1, -0.05) is 12.6 Å². The van der Waals surface area contributed by atoms with Gasteiger partial charge in [0.15, 0.2) is 11.9 Å². The summed E-state index contributed by atoms with van der Waals surface area (Å²) in [5, 5.41) is 8.93. The lowest BCUT2D eigenvalue weighted by molar-refractivity contribution is -0.188. The fraction of sp³-hybridized carbons (Fsp3) is 0.550. The third-order valence-corrected chi connectivity index (χ3v) is 13.2. The molecule has 2 aromatic carbocycles. The highest BCUT2D eigenvalue weighted by Gasteiger charge is 2.55. The van der Waals surface area contributed by atoms with Crippen LogP contribution in [0.2, 0.25) is 0 Å². The van der Waals surface area contributed by atoms with Crippen molar-refractivity contribution in [3.05, 3.63) is 48.2 Å². The first kappa shape index (κ1) is 33.2. The first-order chi connectivity index (χ1) is 25.4. The molecule has 13 heteroatoms. The molecule has 0 radical (unpaired) electrons. The Morgan fingerprint density at radius 2 is 1.72 bits per heavy atom. The fourth-order valence-corrected chi connectivity index (χ4v) is 9.38. The van der Waals surface area contributed by atoms with Gasteiger partial charge < -0.3 is 19.4 Å². The summed E-state index contributed by atoms with van der Waals surface area (Å²) >= 11 is 0. The maximum absolute atomic E-state index is 14.5. The van der Waals surface area contributed by atoms with E-state index in [9.17, 15) is 18.0 Å². The number of benzene rings is 2. The summed E-state index contributed by atoms with van der Waals surface area (Å²) in [6.07, 6.45) is 2.81. The summed E-state index contributed by atoms with van der Waals surface area (Å²) in [7, 11) is 0. The summed E-state index contributed by atoms with van der Waals surface area (Å²) in [5.41, 5.74) is 5.24.